The van der Waals surface area contributed by atoms with Gasteiger partial charge in [0.15, 0.2) is 0 Å². The molecule has 2 aromatic rings. The summed E-state index contributed by atoms with van der Waals surface area (Å²) in [5.74, 6) is 0.512. The second-order valence-electron chi connectivity index (χ2n) is 6.15. The molecule has 1 amide bonds. The van der Waals surface area contributed by atoms with Crippen molar-refractivity contribution in [2.45, 2.75) is 19.8 Å². The fourth-order valence-corrected chi connectivity index (χ4v) is 3.04. The summed E-state index contributed by atoms with van der Waals surface area (Å²) in [6.07, 6.45) is 4.15. The second-order valence-corrected chi connectivity index (χ2v) is 6.97. The molecule has 1 aromatic carbocycles. The molecule has 6 heteroatoms. The number of rotatable bonds is 3. The normalized spacial score (nSPS) is 15.4. The van der Waals surface area contributed by atoms with E-state index in [1.165, 1.54) is 12.8 Å². The number of halogens is 2. The van der Waals surface area contributed by atoms with Crippen LogP contribution in [0.3, 0.4) is 0 Å². The Labute approximate surface area is 151 Å². The van der Waals surface area contributed by atoms with Gasteiger partial charge in [-0.15, -0.1) is 0 Å². The summed E-state index contributed by atoms with van der Waals surface area (Å²) in [5.41, 5.74) is 2.02. The molecule has 126 valence electrons. The van der Waals surface area contributed by atoms with Crippen molar-refractivity contribution in [1.82, 2.24) is 4.98 Å². The van der Waals surface area contributed by atoms with Crippen LogP contribution in [0.25, 0.3) is 0 Å². The first kappa shape index (κ1) is 17.1. The number of nitrogens with one attached hydrogen (secondary N) is 1. The summed E-state index contributed by atoms with van der Waals surface area (Å²) in [5, 5.41) is 3.62. The summed E-state index contributed by atoms with van der Waals surface area (Å²) in [6, 6.07) is 8.67. The predicted molar refractivity (Wildman–Crippen MR) is 99.3 cm³/mol. The van der Waals surface area contributed by atoms with E-state index in [2.05, 4.69) is 22.1 Å². The van der Waals surface area contributed by atoms with Crippen molar-refractivity contribution >= 4 is 40.5 Å². The lowest BCUT2D eigenvalue weighted by molar-refractivity contribution is 0.102. The fraction of sp³-hybridized carbons (Fsp3) is 0.333. The number of carbonyl (C=O) groups excluding carboxylic acids is 1. The van der Waals surface area contributed by atoms with E-state index in [1.807, 2.05) is 6.07 Å². The number of pyridine rings is 1. The molecular formula is C18H19Cl2N3O. The SMILES string of the molecule is CC1CCN(c2ccc(C(=O)Nc3ccc(Cl)c(Cl)c3)nc2)CC1. The minimum Gasteiger partial charge on any atom is -0.370 e. The Kier molecular flexibility index (Phi) is 5.27. The Balaban J connectivity index is 1.66. The highest BCUT2D eigenvalue weighted by molar-refractivity contribution is 6.42. The molecule has 0 radical (unpaired) electrons. The second kappa shape index (κ2) is 7.41. The van der Waals surface area contributed by atoms with Crippen molar-refractivity contribution in [2.24, 2.45) is 5.92 Å². The maximum Gasteiger partial charge on any atom is 0.274 e. The number of piperidine rings is 1. The summed E-state index contributed by atoms with van der Waals surface area (Å²) in [4.78, 5) is 18.9. The minimum atomic E-state index is -0.271. The van der Waals surface area contributed by atoms with Crippen molar-refractivity contribution in [3.63, 3.8) is 0 Å². The van der Waals surface area contributed by atoms with Gasteiger partial charge in [0.25, 0.3) is 5.91 Å². The van der Waals surface area contributed by atoms with Gasteiger partial charge in [0, 0.05) is 18.8 Å². The van der Waals surface area contributed by atoms with E-state index in [1.54, 1.807) is 30.5 Å². The van der Waals surface area contributed by atoms with Crippen LogP contribution >= 0.6 is 23.2 Å². The number of nitrogens with zero attached hydrogens (tertiary/aromatic N) is 2. The Morgan fingerprint density at radius 1 is 1.17 bits per heavy atom. The van der Waals surface area contributed by atoms with Crippen LogP contribution in [0.2, 0.25) is 10.0 Å². The molecule has 0 unspecified atom stereocenters. The van der Waals surface area contributed by atoms with Gasteiger partial charge in [-0.05, 0) is 49.1 Å². The smallest absolute Gasteiger partial charge is 0.274 e. The highest BCUT2D eigenvalue weighted by Gasteiger charge is 2.17. The van der Waals surface area contributed by atoms with E-state index < -0.39 is 0 Å². The molecule has 0 bridgehead atoms. The molecule has 1 N–H and O–H groups in total. The molecule has 0 saturated carbocycles. The van der Waals surface area contributed by atoms with E-state index in [0.29, 0.717) is 21.4 Å². The molecular weight excluding hydrogens is 345 g/mol. The molecule has 1 aromatic heterocycles. The van der Waals surface area contributed by atoms with Gasteiger partial charge in [-0.1, -0.05) is 30.1 Å². The number of amides is 1. The van der Waals surface area contributed by atoms with Crippen molar-refractivity contribution in [3.05, 3.63) is 52.3 Å². The number of hydrogen-bond acceptors (Lipinski definition) is 3. The van der Waals surface area contributed by atoms with Crippen molar-refractivity contribution in [2.75, 3.05) is 23.3 Å². The van der Waals surface area contributed by atoms with Crippen LogP contribution in [0.15, 0.2) is 36.5 Å². The molecule has 0 aliphatic carbocycles. The summed E-state index contributed by atoms with van der Waals surface area (Å²) in [7, 11) is 0. The highest BCUT2D eigenvalue weighted by Crippen LogP contribution is 2.25. The quantitative estimate of drug-likeness (QED) is 0.845. The molecule has 0 atom stereocenters. The van der Waals surface area contributed by atoms with Crippen molar-refractivity contribution in [3.8, 4) is 0 Å². The van der Waals surface area contributed by atoms with Gasteiger partial charge in [-0.3, -0.25) is 4.79 Å². The topological polar surface area (TPSA) is 45.2 Å². The monoisotopic (exact) mass is 363 g/mol. The lowest BCUT2D eigenvalue weighted by Gasteiger charge is -2.31. The van der Waals surface area contributed by atoms with Crippen LogP contribution in [0.1, 0.15) is 30.3 Å². The summed E-state index contributed by atoms with van der Waals surface area (Å²) >= 11 is 11.8. The summed E-state index contributed by atoms with van der Waals surface area (Å²) in [6.45, 7) is 4.36. The number of carbonyl (C=O) groups is 1. The van der Waals surface area contributed by atoms with Crippen LogP contribution in [0.4, 0.5) is 11.4 Å². The van der Waals surface area contributed by atoms with Gasteiger partial charge in [0.1, 0.15) is 5.69 Å². The van der Waals surface area contributed by atoms with E-state index in [0.717, 1.165) is 24.7 Å². The van der Waals surface area contributed by atoms with E-state index in [9.17, 15) is 4.79 Å². The van der Waals surface area contributed by atoms with Gasteiger partial charge in [-0.25, -0.2) is 4.98 Å². The number of hydrogen-bond donors (Lipinski definition) is 1. The molecule has 2 heterocycles. The third kappa shape index (κ3) is 4.00. The Morgan fingerprint density at radius 3 is 2.54 bits per heavy atom. The third-order valence-corrected chi connectivity index (χ3v) is 5.05. The van der Waals surface area contributed by atoms with Crippen LogP contribution < -0.4 is 10.2 Å². The van der Waals surface area contributed by atoms with Gasteiger partial charge < -0.3 is 10.2 Å². The summed E-state index contributed by atoms with van der Waals surface area (Å²) < 4.78 is 0. The Morgan fingerprint density at radius 2 is 1.92 bits per heavy atom. The molecule has 1 aliphatic rings. The van der Waals surface area contributed by atoms with Gasteiger partial charge in [-0.2, -0.15) is 0 Å². The van der Waals surface area contributed by atoms with Gasteiger partial charge >= 0.3 is 0 Å². The van der Waals surface area contributed by atoms with Crippen molar-refractivity contribution in [1.29, 1.82) is 0 Å². The van der Waals surface area contributed by atoms with Gasteiger partial charge in [0.05, 0.1) is 21.9 Å². The molecule has 1 fully saturated rings. The highest BCUT2D eigenvalue weighted by atomic mass is 35.5. The van der Waals surface area contributed by atoms with Crippen LogP contribution in [0, 0.1) is 5.92 Å². The average molecular weight is 364 g/mol. The first-order valence-corrected chi connectivity index (χ1v) is 8.76. The molecule has 4 nitrogen and oxygen atoms in total. The molecule has 0 spiro atoms. The molecule has 1 aliphatic heterocycles. The Hall–Kier alpha value is -1.78. The van der Waals surface area contributed by atoms with Crippen molar-refractivity contribution < 1.29 is 4.79 Å². The molecule has 24 heavy (non-hydrogen) atoms. The predicted octanol–water partition coefficient (Wildman–Crippen LogP) is 4.88. The van der Waals surface area contributed by atoms with E-state index in [4.69, 9.17) is 23.2 Å². The number of benzene rings is 1. The number of aromatic nitrogens is 1. The largest absolute Gasteiger partial charge is 0.370 e. The lowest BCUT2D eigenvalue weighted by Crippen LogP contribution is -2.32. The minimum absolute atomic E-state index is 0.271. The van der Waals surface area contributed by atoms with Crippen LogP contribution in [0.5, 0.6) is 0 Å². The number of anilines is 2. The lowest BCUT2D eigenvalue weighted by atomic mass is 9.99. The maximum atomic E-state index is 12.3. The maximum absolute atomic E-state index is 12.3. The van der Waals surface area contributed by atoms with Gasteiger partial charge in [0.2, 0.25) is 0 Å². The zero-order valence-electron chi connectivity index (χ0n) is 13.4. The van der Waals surface area contributed by atoms with E-state index in [-0.39, 0.29) is 5.91 Å². The fourth-order valence-electron chi connectivity index (χ4n) is 2.74. The van der Waals surface area contributed by atoms with Crippen LogP contribution in [-0.4, -0.2) is 24.0 Å². The molecule has 1 saturated heterocycles. The molecule has 3 rings (SSSR count). The zero-order chi connectivity index (χ0) is 17.1. The Bertz CT molecular complexity index is 726. The average Bonchev–Trinajstić information content (AvgIpc) is 2.59. The first-order valence-electron chi connectivity index (χ1n) is 8.00. The standard InChI is InChI=1S/C18H19Cl2N3O/c1-12-6-8-23(9-7-12)14-3-5-17(21-11-14)18(24)22-13-2-4-15(19)16(20)10-13/h2-5,10-12H,6-9H2,1H3,(H,22,24). The first-order chi connectivity index (χ1) is 11.5. The zero-order valence-corrected chi connectivity index (χ0v) is 14.9. The van der Waals surface area contributed by atoms with Crippen LogP contribution in [-0.2, 0) is 0 Å². The van der Waals surface area contributed by atoms with E-state index >= 15 is 0 Å². The third-order valence-electron chi connectivity index (χ3n) is 4.31.